The van der Waals surface area contributed by atoms with Gasteiger partial charge in [0.15, 0.2) is 11.5 Å². The van der Waals surface area contributed by atoms with Crippen LogP contribution < -0.4 is 14.8 Å². The summed E-state index contributed by atoms with van der Waals surface area (Å²) in [5.74, 6) is 1.65. The predicted octanol–water partition coefficient (Wildman–Crippen LogP) is 0.610. The lowest BCUT2D eigenvalue weighted by atomic mass is 10.1. The summed E-state index contributed by atoms with van der Waals surface area (Å²) >= 11 is 0. The highest BCUT2D eigenvalue weighted by molar-refractivity contribution is 5.78. The maximum atomic E-state index is 12.1. The number of nitrogens with zero attached hydrogens (tertiary/aromatic N) is 2. The van der Waals surface area contributed by atoms with E-state index in [1.54, 1.807) is 14.2 Å². The third-order valence-electron chi connectivity index (χ3n) is 4.17. The van der Waals surface area contributed by atoms with Gasteiger partial charge in [0.2, 0.25) is 5.91 Å². The Kier molecular flexibility index (Phi) is 6.67. The number of methoxy groups -OCH3 is 2. The Morgan fingerprint density at radius 3 is 2.48 bits per heavy atom. The van der Waals surface area contributed by atoms with Crippen molar-refractivity contribution >= 4 is 5.91 Å². The first-order valence-electron chi connectivity index (χ1n) is 8.02. The van der Waals surface area contributed by atoms with Gasteiger partial charge in [-0.15, -0.1) is 0 Å². The second kappa shape index (κ2) is 8.74. The topological polar surface area (TPSA) is 54.0 Å². The van der Waals surface area contributed by atoms with E-state index < -0.39 is 0 Å². The Morgan fingerprint density at radius 2 is 1.83 bits per heavy atom. The third-order valence-corrected chi connectivity index (χ3v) is 4.17. The van der Waals surface area contributed by atoms with E-state index in [1.807, 2.05) is 23.1 Å². The molecule has 1 fully saturated rings. The molecule has 1 aromatic rings. The summed E-state index contributed by atoms with van der Waals surface area (Å²) in [6.45, 7) is 4.72. The highest BCUT2D eigenvalue weighted by Crippen LogP contribution is 2.27. The number of carbonyl (C=O) groups excluding carboxylic acids is 1. The van der Waals surface area contributed by atoms with E-state index in [9.17, 15) is 4.79 Å². The minimum atomic E-state index is 0.186. The lowest BCUT2D eigenvalue weighted by Crippen LogP contribution is -2.49. The Labute approximate surface area is 138 Å². The summed E-state index contributed by atoms with van der Waals surface area (Å²) in [5, 5.41) is 3.23. The zero-order valence-corrected chi connectivity index (χ0v) is 14.3. The summed E-state index contributed by atoms with van der Waals surface area (Å²) < 4.78 is 10.5. The molecule has 6 nitrogen and oxygen atoms in total. The van der Waals surface area contributed by atoms with Crippen LogP contribution >= 0.6 is 0 Å². The molecule has 0 unspecified atom stereocenters. The van der Waals surface area contributed by atoms with Crippen molar-refractivity contribution in [1.82, 2.24) is 15.1 Å². The zero-order chi connectivity index (χ0) is 16.7. The Morgan fingerprint density at radius 1 is 1.13 bits per heavy atom. The first-order valence-corrected chi connectivity index (χ1v) is 8.02. The van der Waals surface area contributed by atoms with Gasteiger partial charge in [0, 0.05) is 26.2 Å². The number of hydrogen-bond acceptors (Lipinski definition) is 5. The number of piperazine rings is 1. The van der Waals surface area contributed by atoms with Gasteiger partial charge in [-0.25, -0.2) is 0 Å². The number of hydrogen-bond donors (Lipinski definition) is 1. The highest BCUT2D eigenvalue weighted by Gasteiger charge is 2.18. The summed E-state index contributed by atoms with van der Waals surface area (Å²) in [6, 6.07) is 5.90. The standard InChI is InChI=1S/C17H27N3O3/c1-19-8-10-20(11-9-19)17(21)13-18-7-6-14-4-5-15(22-2)16(12-14)23-3/h4-5,12,18H,6-11,13H2,1-3H3. The summed E-state index contributed by atoms with van der Waals surface area (Å²) in [6.07, 6.45) is 0.844. The fraction of sp³-hybridized carbons (Fsp3) is 0.588. The van der Waals surface area contributed by atoms with Crippen LogP contribution in [0.5, 0.6) is 11.5 Å². The van der Waals surface area contributed by atoms with E-state index in [-0.39, 0.29) is 5.91 Å². The maximum Gasteiger partial charge on any atom is 0.236 e. The molecule has 0 spiro atoms. The van der Waals surface area contributed by atoms with E-state index in [1.165, 1.54) is 0 Å². The van der Waals surface area contributed by atoms with Crippen LogP contribution in [-0.2, 0) is 11.2 Å². The van der Waals surface area contributed by atoms with Crippen LogP contribution in [0.15, 0.2) is 18.2 Å². The maximum absolute atomic E-state index is 12.1. The quantitative estimate of drug-likeness (QED) is 0.746. The van der Waals surface area contributed by atoms with Gasteiger partial charge in [0.1, 0.15) is 0 Å². The van der Waals surface area contributed by atoms with Crippen LogP contribution in [0.3, 0.4) is 0 Å². The number of amides is 1. The molecule has 1 aliphatic heterocycles. The first-order chi connectivity index (χ1) is 11.1. The molecule has 23 heavy (non-hydrogen) atoms. The van der Waals surface area contributed by atoms with E-state index >= 15 is 0 Å². The van der Waals surface area contributed by atoms with E-state index in [4.69, 9.17) is 9.47 Å². The van der Waals surface area contributed by atoms with E-state index in [2.05, 4.69) is 17.3 Å². The van der Waals surface area contributed by atoms with Crippen molar-refractivity contribution in [1.29, 1.82) is 0 Å². The van der Waals surface area contributed by atoms with Crippen molar-refractivity contribution in [2.75, 3.05) is 60.5 Å². The average Bonchev–Trinajstić information content (AvgIpc) is 2.58. The second-order valence-corrected chi connectivity index (χ2v) is 5.80. The van der Waals surface area contributed by atoms with Crippen LogP contribution in [0, 0.1) is 0 Å². The number of rotatable bonds is 7. The van der Waals surface area contributed by atoms with Crippen molar-refractivity contribution in [2.24, 2.45) is 0 Å². The zero-order valence-electron chi connectivity index (χ0n) is 14.3. The van der Waals surface area contributed by atoms with Gasteiger partial charge in [0.05, 0.1) is 20.8 Å². The normalized spacial score (nSPS) is 15.5. The lowest BCUT2D eigenvalue weighted by molar-refractivity contribution is -0.131. The molecular formula is C17H27N3O3. The van der Waals surface area contributed by atoms with Crippen LogP contribution in [0.4, 0.5) is 0 Å². The fourth-order valence-electron chi connectivity index (χ4n) is 2.63. The van der Waals surface area contributed by atoms with Crippen molar-refractivity contribution in [3.05, 3.63) is 23.8 Å². The number of nitrogens with one attached hydrogen (secondary N) is 1. The smallest absolute Gasteiger partial charge is 0.236 e. The molecule has 1 aliphatic rings. The van der Waals surface area contributed by atoms with Crippen LogP contribution in [0.25, 0.3) is 0 Å². The van der Waals surface area contributed by atoms with Crippen molar-refractivity contribution in [3.63, 3.8) is 0 Å². The number of ether oxygens (including phenoxy) is 2. The lowest BCUT2D eigenvalue weighted by Gasteiger charge is -2.32. The molecule has 1 amide bonds. The van der Waals surface area contributed by atoms with Gasteiger partial charge in [0.25, 0.3) is 0 Å². The molecule has 0 radical (unpaired) electrons. The van der Waals surface area contributed by atoms with Gasteiger partial charge in [-0.1, -0.05) is 6.07 Å². The highest BCUT2D eigenvalue weighted by atomic mass is 16.5. The predicted molar refractivity (Wildman–Crippen MR) is 90.2 cm³/mol. The minimum Gasteiger partial charge on any atom is -0.493 e. The molecule has 128 valence electrons. The molecule has 1 saturated heterocycles. The van der Waals surface area contributed by atoms with Gasteiger partial charge >= 0.3 is 0 Å². The second-order valence-electron chi connectivity index (χ2n) is 5.80. The Balaban J connectivity index is 1.72. The van der Waals surface area contributed by atoms with Gasteiger partial charge < -0.3 is 24.6 Å². The van der Waals surface area contributed by atoms with Gasteiger partial charge in [-0.3, -0.25) is 4.79 Å². The fourth-order valence-corrected chi connectivity index (χ4v) is 2.63. The molecule has 0 bridgehead atoms. The summed E-state index contributed by atoms with van der Waals surface area (Å²) in [4.78, 5) is 16.3. The third kappa shape index (κ3) is 5.11. The Hall–Kier alpha value is -1.79. The van der Waals surface area contributed by atoms with Gasteiger partial charge in [-0.2, -0.15) is 0 Å². The van der Waals surface area contributed by atoms with Gasteiger partial charge in [-0.05, 0) is 37.7 Å². The first kappa shape index (κ1) is 17.6. The summed E-state index contributed by atoms with van der Waals surface area (Å²) in [5.41, 5.74) is 1.15. The molecule has 1 aromatic carbocycles. The number of carbonyl (C=O) groups is 1. The van der Waals surface area contributed by atoms with Crippen LogP contribution in [0.1, 0.15) is 5.56 Å². The Bertz CT molecular complexity index is 514. The van der Waals surface area contributed by atoms with Crippen molar-refractivity contribution < 1.29 is 14.3 Å². The molecule has 2 rings (SSSR count). The van der Waals surface area contributed by atoms with E-state index in [0.29, 0.717) is 6.54 Å². The largest absolute Gasteiger partial charge is 0.493 e. The van der Waals surface area contributed by atoms with Crippen LogP contribution in [0.2, 0.25) is 0 Å². The molecule has 1 heterocycles. The molecule has 1 N–H and O–H groups in total. The van der Waals surface area contributed by atoms with E-state index in [0.717, 1.165) is 56.2 Å². The SMILES string of the molecule is COc1ccc(CCNCC(=O)N2CCN(C)CC2)cc1OC. The molecule has 0 saturated carbocycles. The molecular weight excluding hydrogens is 294 g/mol. The van der Waals surface area contributed by atoms with Crippen molar-refractivity contribution in [3.8, 4) is 11.5 Å². The molecule has 0 aromatic heterocycles. The molecule has 0 aliphatic carbocycles. The number of benzene rings is 1. The number of likely N-dealkylation sites (N-methyl/N-ethyl adjacent to an activating group) is 1. The minimum absolute atomic E-state index is 0.186. The average molecular weight is 321 g/mol. The monoisotopic (exact) mass is 321 g/mol. The summed E-state index contributed by atoms with van der Waals surface area (Å²) in [7, 11) is 5.35. The molecule has 0 atom stereocenters. The molecule has 6 heteroatoms. The van der Waals surface area contributed by atoms with Crippen molar-refractivity contribution in [2.45, 2.75) is 6.42 Å². The van der Waals surface area contributed by atoms with Crippen LogP contribution in [-0.4, -0.2) is 76.2 Å².